The van der Waals surface area contributed by atoms with Gasteiger partial charge in [0.1, 0.15) is 0 Å². The summed E-state index contributed by atoms with van der Waals surface area (Å²) in [6.45, 7) is 4.56. The molecule has 2 aliphatic heterocycles. The summed E-state index contributed by atoms with van der Waals surface area (Å²) in [4.78, 5) is 5.27. The van der Waals surface area contributed by atoms with Gasteiger partial charge in [-0.3, -0.25) is 0 Å². The molecule has 0 radical (unpaired) electrons. The molecular weight excluding hydrogens is 1850 g/mol. The molecule has 136 heavy (non-hydrogen) atoms. The van der Waals surface area contributed by atoms with Gasteiger partial charge in [-0.05, 0) is 151 Å². The predicted octanol–water partition coefficient (Wildman–Crippen LogP) is 26.5. The largest absolute Gasteiger partial charge is 0.646 e. The fraction of sp³-hybridized carbons (Fsp3) is 0.875. The summed E-state index contributed by atoms with van der Waals surface area (Å²) >= 11 is 0. The van der Waals surface area contributed by atoms with E-state index >= 15 is 0 Å². The van der Waals surface area contributed by atoms with Crippen LogP contribution < -0.4 is 0 Å². The minimum Gasteiger partial charge on any atom is -0.646 e. The Kier molecular flexibility index (Phi) is 23.3. The smallest absolute Gasteiger partial charge is 0 e. The molecule has 36 fully saturated rings. The zero-order valence-corrected chi connectivity index (χ0v) is 96.7. The first-order chi connectivity index (χ1) is 65.0. The van der Waals surface area contributed by atoms with E-state index in [2.05, 4.69) is 127 Å². The fourth-order valence-corrected chi connectivity index (χ4v) is 54.3. The second-order valence-corrected chi connectivity index (χ2v) is 60.1. The Morgan fingerprint density at radius 3 is 0.515 bits per heavy atom. The van der Waals surface area contributed by atoms with Crippen LogP contribution in [0.3, 0.4) is 0 Å². The van der Waals surface area contributed by atoms with Crippen LogP contribution in [0, 0.1) is 493 Å². The van der Waals surface area contributed by atoms with Crippen molar-refractivity contribution in [3.05, 3.63) is 113 Å². The van der Waals surface area contributed by atoms with Gasteiger partial charge < -0.3 is 123 Å². The van der Waals surface area contributed by atoms with Crippen molar-refractivity contribution in [2.24, 2.45) is 391 Å². The minimum absolute atomic E-state index is 0. The van der Waals surface area contributed by atoms with Crippen molar-refractivity contribution in [3.8, 4) is 0 Å². The van der Waals surface area contributed by atoms with Gasteiger partial charge in [-0.2, -0.15) is 189 Å². The molecule has 34 saturated carbocycles. The minimum atomic E-state index is 0. The van der Waals surface area contributed by atoms with E-state index in [-0.39, 0.29) is 77.9 Å². The Balaban J connectivity index is 0.000000183. The van der Waals surface area contributed by atoms with Crippen LogP contribution in [0.25, 0.3) is 10.6 Å². The van der Waals surface area contributed by atoms with E-state index in [0.717, 1.165) is 404 Å². The summed E-state index contributed by atoms with van der Waals surface area (Å²) in [6, 6.07) is 0. The molecule has 8 heteroatoms. The summed E-state index contributed by atoms with van der Waals surface area (Å²) in [7, 11) is 4.75. The van der Waals surface area contributed by atoms with Crippen molar-refractivity contribution in [1.29, 1.82) is 0 Å². The van der Waals surface area contributed by atoms with Crippen molar-refractivity contribution >= 4 is 0 Å². The molecular formula is C128H174N4Zn4-18. The molecule has 0 aromatic heterocycles. The summed E-state index contributed by atoms with van der Waals surface area (Å²) in [5.74, 6) is 61.0. The molecule has 0 N–H and O–H groups in total. The van der Waals surface area contributed by atoms with E-state index in [1.165, 1.54) is 193 Å². The molecule has 40 bridgehead atoms. The number of rotatable bonds is 2. The Morgan fingerprint density at radius 2 is 0.346 bits per heavy atom. The molecule has 0 spiro atoms. The molecule has 4 nitrogen and oxygen atoms in total. The molecule has 2 heterocycles. The van der Waals surface area contributed by atoms with Gasteiger partial charge in [-0.15, -0.1) is 64.5 Å². The first-order valence-corrected chi connectivity index (χ1v) is 61.4. The van der Waals surface area contributed by atoms with E-state index in [0.29, 0.717) is 12.3 Å². The number of nitrogens with zero attached hydrogens (tertiary/aromatic N) is 4. The van der Waals surface area contributed by atoms with Gasteiger partial charge >= 0.3 is 0 Å². The number of likely N-dealkylation sites (N-methyl/N-ethyl adjacent to an activating group) is 2. The van der Waals surface area contributed by atoms with Crippen LogP contribution in [0.1, 0.15) is 244 Å². The van der Waals surface area contributed by atoms with Gasteiger partial charge in [0.15, 0.2) is 0 Å². The maximum absolute atomic E-state index is 5.24. The summed E-state index contributed by atoms with van der Waals surface area (Å²) in [5.41, 5.74) is 0. The second-order valence-electron chi connectivity index (χ2n) is 60.1. The Labute approximate surface area is 880 Å². The Hall–Kier alpha value is 2.33. The van der Waals surface area contributed by atoms with Gasteiger partial charge in [0.2, 0.25) is 0 Å². The third-order valence-electron chi connectivity index (χ3n) is 56.1. The fourth-order valence-electron chi connectivity index (χ4n) is 54.3. The van der Waals surface area contributed by atoms with Crippen molar-refractivity contribution < 1.29 is 77.9 Å². The maximum Gasteiger partial charge on any atom is 0 e. The summed E-state index contributed by atoms with van der Waals surface area (Å²) in [5, 5.41) is 10.5. The van der Waals surface area contributed by atoms with E-state index in [1.54, 1.807) is 64.2 Å². The molecule has 34 aliphatic carbocycles. The first kappa shape index (κ1) is 92.1. The van der Waals surface area contributed by atoms with E-state index in [9.17, 15) is 0 Å². The molecule has 0 amide bonds. The van der Waals surface area contributed by atoms with E-state index < -0.39 is 0 Å². The molecule has 0 aromatic rings. The Morgan fingerprint density at radius 1 is 0.162 bits per heavy atom. The van der Waals surface area contributed by atoms with Crippen molar-refractivity contribution in [1.82, 2.24) is 9.80 Å². The van der Waals surface area contributed by atoms with E-state index in [4.69, 9.17) is 10.6 Å². The van der Waals surface area contributed by atoms with Crippen molar-refractivity contribution in [2.75, 3.05) is 40.3 Å². The third-order valence-corrected chi connectivity index (χ3v) is 56.1. The third kappa shape index (κ3) is 13.5. The monoisotopic (exact) mass is 2020 g/mol. The predicted molar refractivity (Wildman–Crippen MR) is 524 cm³/mol. The van der Waals surface area contributed by atoms with Crippen LogP contribution in [-0.4, -0.2) is 62.4 Å². The van der Waals surface area contributed by atoms with Gasteiger partial charge in [-0.1, -0.05) is 283 Å². The van der Waals surface area contributed by atoms with Crippen LogP contribution in [0.2, 0.25) is 0 Å². The zero-order valence-electron chi connectivity index (χ0n) is 84.8. The molecule has 46 unspecified atom stereocenters. The molecule has 732 valence electrons. The number of hydrogen-bond donors (Lipinski definition) is 0. The average Bonchev–Trinajstić information content (AvgIpc) is 1.47. The van der Waals surface area contributed by atoms with Gasteiger partial charge in [0, 0.05) is 77.9 Å². The molecule has 2 saturated heterocycles. The quantitative estimate of drug-likeness (QED) is 0.204. The normalized spacial score (nSPS) is 65.4. The van der Waals surface area contributed by atoms with Crippen LogP contribution in [0.15, 0.2) is 0 Å². The second kappa shape index (κ2) is 34.4. The summed E-state index contributed by atoms with van der Waals surface area (Å²) < 4.78 is 0. The van der Waals surface area contributed by atoms with E-state index in [1.807, 2.05) is 0 Å². The molecule has 68 atom stereocenters. The molecule has 36 rings (SSSR count). The van der Waals surface area contributed by atoms with Gasteiger partial charge in [0.25, 0.3) is 0 Å². The van der Waals surface area contributed by atoms with Crippen LogP contribution >= 0.6 is 0 Å². The standard InChI is InChI=1S/C96H120.C32H54N4.4Zn/c1-2-42-9-41(1)13-49-21-57-59-23-51-15-43-3-4-45(10-43)17-53-25-61-62-26-55-19-47-7-8-48(12-47)20-56-28-64-63-27-54-18-46-6-5-44(11-46)16-52-24-60-58-22-50(14-42)30-66(58)82-74-37-73-81(65(57)29-49)83(67(59)31-51)75-38-77-85(69(61)33-53)87(71(62)35-55)79-40-80-88(72(64)36-56)86(70(63)34-54)78-39-76(84(82)68(60)32-52)92-90(74)89(73)91(75)93(77)95(79)96(80)94(78)92;1-35-13-11-33-31(35)29-25-7-3-21(17-25)15-23-5-9-27(19-23)30(32-34-12-14-36(32)2)28-10-6-24(20-28)16-22-4-8-26(29)18-22;;;;/h9-12,29-96H,1-8,13-28H2;21-32H,3-20H2,1-2H3;;;;/q-16;-2;;;;/t41-,42+,43+,44-,45?,46?,47?,48?,49+,50-,51-,52+,53?,54?,55?,56?,57+,58-,59-,60+,61?,62?,63?,64?,65?,66?,67?,68?,69?,70?,71?,72?,73?,74?,75?,76?,77?,78?,79?,80?,81?,82?,83?,84?,85?,86?,87?,88?,89?,90?,91?,92?,93?,94?,95?,96?;21-,22+,23+,24-,25-,26+,27+,28-,29?,30?,31-,32+;;;;. The van der Waals surface area contributed by atoms with Crippen LogP contribution in [-0.2, 0) is 77.9 Å². The molecule has 36 aliphatic rings. The van der Waals surface area contributed by atoms with Crippen molar-refractivity contribution in [3.63, 3.8) is 0 Å². The van der Waals surface area contributed by atoms with Crippen LogP contribution in [0.5, 0.6) is 0 Å². The molecule has 0 aromatic carbocycles. The summed E-state index contributed by atoms with van der Waals surface area (Å²) in [6.07, 6.45) is 114. The SMILES string of the molecule is CN1CC[N-][C@@H]1C1[C@@H]2CC[C@H](C[C@@H]3CC[C@@H](C3)C([C@@H]3[N-]CCN3C)[C@@H]3CC[C@H](C[C@@H]4CC[C@H]1C4)C3)C2.[CH-]1C2CCC1CC1[CH-]C3C(C1)C1CC4[CH-]C1C1C5[CH-]C6C7C5C5C([CH-]C8C9C%10[CH-]C(C2)CC%10C2CC%10[CH-]C2C9C2[CH-]C9C(C2C85)C2C5[CH-]C(C72)C2C6C6[CH-][C@H](C[C@@H]7[CH-]C(CC7)C4)C[C@@H]6[C@@H]4C[C@@H]([CH-]C24)C[C@H]2[CH-][C@H](CC2)C[C@H]2[CH-]C4C5C9C5[CH-][C@@H](C[C@H]6[CH-]C(CC6)C%10)C[C@H]5[C@H]4C2)C31.[Zn].[Zn].[Zn].[Zn]. The van der Waals surface area contributed by atoms with Crippen LogP contribution in [0.4, 0.5) is 0 Å². The number of fused-ring (bicyclic) bond motifs is 28. The number of hydrogen-bond acceptors (Lipinski definition) is 2. The maximum atomic E-state index is 5.24. The average molecular weight is 2030 g/mol. The van der Waals surface area contributed by atoms with Crippen molar-refractivity contribution in [2.45, 2.75) is 256 Å². The first-order valence-electron chi connectivity index (χ1n) is 61.4. The topological polar surface area (TPSA) is 34.7 Å². The Bertz CT molecular complexity index is 3680. The zero-order chi connectivity index (χ0) is 84.8. The van der Waals surface area contributed by atoms with Gasteiger partial charge in [-0.25, -0.2) is 0 Å². The van der Waals surface area contributed by atoms with Gasteiger partial charge in [0.05, 0.1) is 0 Å².